The Bertz CT molecular complexity index is 602. The molecular formula is C17H22N2O3S. The van der Waals surface area contributed by atoms with Gasteiger partial charge in [-0.1, -0.05) is 24.3 Å². The molecule has 2 aromatic rings. The average Bonchev–Trinajstić information content (AvgIpc) is 3.11. The van der Waals surface area contributed by atoms with Crippen molar-refractivity contribution >= 4 is 17.4 Å². The Morgan fingerprint density at radius 2 is 2.04 bits per heavy atom. The van der Waals surface area contributed by atoms with E-state index in [-0.39, 0.29) is 12.6 Å². The van der Waals surface area contributed by atoms with Gasteiger partial charge in [0, 0.05) is 19.7 Å². The van der Waals surface area contributed by atoms with E-state index >= 15 is 0 Å². The van der Waals surface area contributed by atoms with E-state index in [1.54, 1.807) is 0 Å². The zero-order chi connectivity index (χ0) is 16.5. The number of thiophene rings is 1. The van der Waals surface area contributed by atoms with Crippen molar-refractivity contribution in [3.05, 3.63) is 57.8 Å². The van der Waals surface area contributed by atoms with Crippen LogP contribution >= 0.6 is 11.3 Å². The van der Waals surface area contributed by atoms with Crippen molar-refractivity contribution < 1.29 is 14.6 Å². The van der Waals surface area contributed by atoms with E-state index in [4.69, 9.17) is 4.74 Å². The Hall–Kier alpha value is -1.89. The first-order valence-electron chi connectivity index (χ1n) is 7.57. The largest absolute Gasteiger partial charge is 0.387 e. The molecule has 5 nitrogen and oxygen atoms in total. The molecule has 2 amide bonds. The SMILES string of the molecule is CCOCc1ccccc1CNC(=O)NCC(O)c1ccsc1. The summed E-state index contributed by atoms with van der Waals surface area (Å²) in [4.78, 5) is 11.9. The third-order valence-electron chi connectivity index (χ3n) is 3.40. The predicted molar refractivity (Wildman–Crippen MR) is 91.3 cm³/mol. The Morgan fingerprint density at radius 3 is 2.74 bits per heavy atom. The summed E-state index contributed by atoms with van der Waals surface area (Å²) in [5.41, 5.74) is 2.90. The van der Waals surface area contributed by atoms with Gasteiger partial charge in [-0.3, -0.25) is 0 Å². The zero-order valence-corrected chi connectivity index (χ0v) is 13.9. The Kier molecular flexibility index (Phi) is 7.06. The van der Waals surface area contributed by atoms with Gasteiger partial charge in [0.2, 0.25) is 0 Å². The third-order valence-corrected chi connectivity index (χ3v) is 4.10. The minimum atomic E-state index is -0.683. The Morgan fingerprint density at radius 1 is 1.26 bits per heavy atom. The fourth-order valence-electron chi connectivity index (χ4n) is 2.09. The number of hydrogen-bond donors (Lipinski definition) is 3. The number of aliphatic hydroxyl groups excluding tert-OH is 1. The number of rotatable bonds is 8. The lowest BCUT2D eigenvalue weighted by atomic mass is 10.1. The molecule has 3 N–H and O–H groups in total. The molecule has 0 radical (unpaired) electrons. The lowest BCUT2D eigenvalue weighted by molar-refractivity contribution is 0.133. The van der Waals surface area contributed by atoms with Crippen LogP contribution in [-0.4, -0.2) is 24.3 Å². The van der Waals surface area contributed by atoms with E-state index in [1.165, 1.54) is 11.3 Å². The highest BCUT2D eigenvalue weighted by molar-refractivity contribution is 7.07. The van der Waals surface area contributed by atoms with Crippen molar-refractivity contribution in [1.29, 1.82) is 0 Å². The molecule has 1 unspecified atom stereocenters. The summed E-state index contributed by atoms with van der Waals surface area (Å²) in [5, 5.41) is 19.2. The van der Waals surface area contributed by atoms with Gasteiger partial charge >= 0.3 is 6.03 Å². The zero-order valence-electron chi connectivity index (χ0n) is 13.1. The maximum absolute atomic E-state index is 11.9. The number of carbonyl (C=O) groups excluding carboxylic acids is 1. The summed E-state index contributed by atoms with van der Waals surface area (Å²) in [6.07, 6.45) is -0.683. The molecule has 0 aliphatic rings. The van der Waals surface area contributed by atoms with Crippen LogP contribution < -0.4 is 10.6 Å². The molecule has 1 heterocycles. The first-order valence-corrected chi connectivity index (χ1v) is 8.51. The summed E-state index contributed by atoms with van der Waals surface area (Å²) in [6, 6.07) is 9.39. The highest BCUT2D eigenvalue weighted by Gasteiger charge is 2.10. The highest BCUT2D eigenvalue weighted by atomic mass is 32.1. The van der Waals surface area contributed by atoms with Gasteiger partial charge in [0.15, 0.2) is 0 Å². The maximum atomic E-state index is 11.9. The van der Waals surface area contributed by atoms with E-state index in [2.05, 4.69) is 10.6 Å². The molecule has 0 fully saturated rings. The molecule has 0 saturated carbocycles. The van der Waals surface area contributed by atoms with Gasteiger partial charge in [0.05, 0.1) is 12.7 Å². The summed E-state index contributed by atoms with van der Waals surface area (Å²) < 4.78 is 5.43. The van der Waals surface area contributed by atoms with Crippen molar-refractivity contribution in [2.75, 3.05) is 13.2 Å². The number of nitrogens with one attached hydrogen (secondary N) is 2. The third kappa shape index (κ3) is 5.67. The van der Waals surface area contributed by atoms with E-state index in [0.717, 1.165) is 16.7 Å². The Labute approximate surface area is 140 Å². The smallest absolute Gasteiger partial charge is 0.315 e. The quantitative estimate of drug-likeness (QED) is 0.695. The second-order valence-electron chi connectivity index (χ2n) is 5.04. The number of amides is 2. The number of urea groups is 1. The highest BCUT2D eigenvalue weighted by Crippen LogP contribution is 2.15. The molecule has 0 spiro atoms. The fraction of sp³-hybridized carbons (Fsp3) is 0.353. The van der Waals surface area contributed by atoms with Crippen LogP contribution in [0, 0.1) is 0 Å². The van der Waals surface area contributed by atoms with Gasteiger partial charge in [-0.15, -0.1) is 0 Å². The molecule has 2 rings (SSSR count). The lowest BCUT2D eigenvalue weighted by Gasteiger charge is -2.13. The van der Waals surface area contributed by atoms with Crippen molar-refractivity contribution in [1.82, 2.24) is 10.6 Å². The summed E-state index contributed by atoms with van der Waals surface area (Å²) >= 11 is 1.52. The van der Waals surface area contributed by atoms with Crippen LogP contribution in [0.15, 0.2) is 41.1 Å². The minimum absolute atomic E-state index is 0.184. The van der Waals surface area contributed by atoms with Crippen LogP contribution in [0.2, 0.25) is 0 Å². The van der Waals surface area contributed by atoms with E-state index in [0.29, 0.717) is 19.8 Å². The molecule has 23 heavy (non-hydrogen) atoms. The van der Waals surface area contributed by atoms with Crippen molar-refractivity contribution in [2.45, 2.75) is 26.2 Å². The first kappa shape index (κ1) is 17.5. The summed E-state index contributed by atoms with van der Waals surface area (Å²) in [6.45, 7) is 3.75. The maximum Gasteiger partial charge on any atom is 0.315 e. The van der Waals surface area contributed by atoms with E-state index < -0.39 is 6.10 Å². The number of aliphatic hydroxyl groups is 1. The number of carbonyl (C=O) groups is 1. The molecule has 0 aliphatic carbocycles. The van der Waals surface area contributed by atoms with Crippen LogP contribution in [0.4, 0.5) is 4.79 Å². The Balaban J connectivity index is 1.78. The van der Waals surface area contributed by atoms with Crippen LogP contribution in [0.25, 0.3) is 0 Å². The van der Waals surface area contributed by atoms with Crippen molar-refractivity contribution in [2.24, 2.45) is 0 Å². The van der Waals surface area contributed by atoms with Crippen LogP contribution in [0.3, 0.4) is 0 Å². The number of ether oxygens (including phenoxy) is 1. The second-order valence-corrected chi connectivity index (χ2v) is 5.82. The molecule has 1 aromatic heterocycles. The lowest BCUT2D eigenvalue weighted by Crippen LogP contribution is -2.37. The molecular weight excluding hydrogens is 312 g/mol. The van der Waals surface area contributed by atoms with Gasteiger partial charge in [-0.2, -0.15) is 11.3 Å². The number of hydrogen-bond acceptors (Lipinski definition) is 4. The normalized spacial score (nSPS) is 11.9. The summed E-state index contributed by atoms with van der Waals surface area (Å²) in [7, 11) is 0. The molecule has 1 aromatic carbocycles. The van der Waals surface area contributed by atoms with Gasteiger partial charge in [0.1, 0.15) is 0 Å². The predicted octanol–water partition coefficient (Wildman–Crippen LogP) is 2.82. The molecule has 124 valence electrons. The minimum Gasteiger partial charge on any atom is -0.387 e. The van der Waals surface area contributed by atoms with Crippen LogP contribution in [-0.2, 0) is 17.9 Å². The standard InChI is InChI=1S/C17H22N2O3S/c1-2-22-11-14-6-4-3-5-13(14)9-18-17(21)19-10-16(20)15-7-8-23-12-15/h3-8,12,16,20H,2,9-11H2,1H3,(H2,18,19,21). The van der Waals surface area contributed by atoms with Crippen molar-refractivity contribution in [3.8, 4) is 0 Å². The molecule has 0 bridgehead atoms. The first-order chi connectivity index (χ1) is 11.2. The summed E-state index contributed by atoms with van der Waals surface area (Å²) in [5.74, 6) is 0. The average molecular weight is 334 g/mol. The fourth-order valence-corrected chi connectivity index (χ4v) is 2.80. The second kappa shape index (κ2) is 9.29. The van der Waals surface area contributed by atoms with Crippen LogP contribution in [0.5, 0.6) is 0 Å². The van der Waals surface area contributed by atoms with Gasteiger partial charge < -0.3 is 20.5 Å². The van der Waals surface area contributed by atoms with E-state index in [9.17, 15) is 9.90 Å². The topological polar surface area (TPSA) is 70.6 Å². The molecule has 0 saturated heterocycles. The molecule has 0 aliphatic heterocycles. The molecule has 1 atom stereocenters. The van der Waals surface area contributed by atoms with Gasteiger partial charge in [-0.05, 0) is 40.4 Å². The monoisotopic (exact) mass is 334 g/mol. The van der Waals surface area contributed by atoms with Gasteiger partial charge in [0.25, 0.3) is 0 Å². The molecule has 6 heteroatoms. The van der Waals surface area contributed by atoms with Crippen molar-refractivity contribution in [3.63, 3.8) is 0 Å². The van der Waals surface area contributed by atoms with Gasteiger partial charge in [-0.25, -0.2) is 4.79 Å². The number of benzene rings is 1. The van der Waals surface area contributed by atoms with E-state index in [1.807, 2.05) is 48.0 Å². The van der Waals surface area contributed by atoms with Crippen LogP contribution in [0.1, 0.15) is 29.7 Å².